The zero-order valence-electron chi connectivity index (χ0n) is 23.6. The van der Waals surface area contributed by atoms with Crippen LogP contribution in [0.2, 0.25) is 0 Å². The zero-order valence-corrected chi connectivity index (χ0v) is 24.5. The lowest BCUT2D eigenvalue weighted by atomic mass is 10.1. The predicted molar refractivity (Wildman–Crippen MR) is 165 cm³/mol. The van der Waals surface area contributed by atoms with E-state index >= 15 is 0 Å². The van der Waals surface area contributed by atoms with E-state index in [2.05, 4.69) is 25.7 Å². The standard InChI is InChI=1S/C31H30N7O5P/c39-30-19-32-15-16-37(30)25-18-33-38(20-25)28-17-27(26-13-7-8-14-29(26)42-21-23-9-3-1-4-10-23)34-35-31(28)36-44(40,41)43-22-24-11-5-2-6-12-24/h1-14,17-18,20,32H,15-16,19,21-22H2,(H2,35,36,40,41). The van der Waals surface area contributed by atoms with Crippen LogP contribution in [0.3, 0.4) is 0 Å². The van der Waals surface area contributed by atoms with E-state index < -0.39 is 7.75 Å². The summed E-state index contributed by atoms with van der Waals surface area (Å²) in [6, 6.07) is 28.0. The summed E-state index contributed by atoms with van der Waals surface area (Å²) in [5.41, 5.74) is 3.76. The van der Waals surface area contributed by atoms with Gasteiger partial charge in [0.1, 0.15) is 18.0 Å². The molecule has 0 saturated carbocycles. The van der Waals surface area contributed by atoms with Gasteiger partial charge in [0.05, 0.1) is 36.9 Å². The van der Waals surface area contributed by atoms with Gasteiger partial charge in [-0.3, -0.25) is 14.4 Å². The third kappa shape index (κ3) is 7.01. The first-order valence-electron chi connectivity index (χ1n) is 13.9. The van der Waals surface area contributed by atoms with Gasteiger partial charge in [-0.25, -0.2) is 9.25 Å². The molecule has 13 heteroatoms. The van der Waals surface area contributed by atoms with Crippen LogP contribution in [0.15, 0.2) is 103 Å². The minimum atomic E-state index is -4.39. The molecule has 6 rings (SSSR count). The quantitative estimate of drug-likeness (QED) is 0.182. The molecule has 5 aromatic rings. The normalized spacial score (nSPS) is 14.7. The Balaban J connectivity index is 1.33. The van der Waals surface area contributed by atoms with Crippen molar-refractivity contribution in [1.82, 2.24) is 25.3 Å². The summed E-state index contributed by atoms with van der Waals surface area (Å²) in [7, 11) is -4.39. The molecule has 1 amide bonds. The first-order valence-corrected chi connectivity index (χ1v) is 15.5. The van der Waals surface area contributed by atoms with E-state index in [9.17, 15) is 14.3 Å². The van der Waals surface area contributed by atoms with Crippen LogP contribution in [0.1, 0.15) is 11.1 Å². The molecule has 1 atom stereocenters. The van der Waals surface area contributed by atoms with E-state index in [1.165, 1.54) is 4.68 Å². The van der Waals surface area contributed by atoms with Gasteiger partial charge in [0.15, 0.2) is 5.82 Å². The smallest absolute Gasteiger partial charge is 0.431 e. The minimum Gasteiger partial charge on any atom is -0.488 e. The molecule has 44 heavy (non-hydrogen) atoms. The summed E-state index contributed by atoms with van der Waals surface area (Å²) < 4.78 is 26.1. The average Bonchev–Trinajstić information content (AvgIpc) is 3.54. The first kappa shape index (κ1) is 29.2. The maximum atomic E-state index is 13.1. The van der Waals surface area contributed by atoms with Crippen LogP contribution >= 0.6 is 7.75 Å². The number of aromatic nitrogens is 4. The second kappa shape index (κ2) is 13.2. The Hall–Kier alpha value is -4.87. The van der Waals surface area contributed by atoms with Crippen molar-refractivity contribution in [1.29, 1.82) is 0 Å². The molecule has 2 aromatic heterocycles. The van der Waals surface area contributed by atoms with Crippen LogP contribution in [0.5, 0.6) is 5.75 Å². The Labute approximate surface area is 253 Å². The highest BCUT2D eigenvalue weighted by molar-refractivity contribution is 7.54. The Kier molecular flexibility index (Phi) is 8.76. The molecule has 1 fully saturated rings. The number of nitrogens with one attached hydrogen (secondary N) is 2. The summed E-state index contributed by atoms with van der Waals surface area (Å²) in [6.07, 6.45) is 3.23. The highest BCUT2D eigenvalue weighted by Crippen LogP contribution is 2.44. The molecule has 0 bridgehead atoms. The van der Waals surface area contributed by atoms with Gasteiger partial charge in [-0.1, -0.05) is 72.8 Å². The molecule has 12 nitrogen and oxygen atoms in total. The Bertz CT molecular complexity index is 1790. The first-order chi connectivity index (χ1) is 21.4. The van der Waals surface area contributed by atoms with E-state index in [4.69, 9.17) is 9.26 Å². The number of benzene rings is 3. The van der Waals surface area contributed by atoms with Crippen molar-refractivity contribution in [2.24, 2.45) is 0 Å². The fourth-order valence-electron chi connectivity index (χ4n) is 4.67. The van der Waals surface area contributed by atoms with Crippen molar-refractivity contribution < 1.29 is 23.5 Å². The molecule has 0 spiro atoms. The van der Waals surface area contributed by atoms with E-state index in [1.54, 1.807) is 35.5 Å². The number of nitrogens with zero attached hydrogens (tertiary/aromatic N) is 5. The number of hydrogen-bond donors (Lipinski definition) is 3. The molecule has 3 aromatic carbocycles. The number of amides is 1. The van der Waals surface area contributed by atoms with Crippen molar-refractivity contribution in [2.75, 3.05) is 29.6 Å². The van der Waals surface area contributed by atoms with Crippen LogP contribution in [-0.2, 0) is 27.1 Å². The van der Waals surface area contributed by atoms with Gasteiger partial charge in [0.2, 0.25) is 5.91 Å². The van der Waals surface area contributed by atoms with Gasteiger partial charge in [0, 0.05) is 18.7 Å². The zero-order chi connectivity index (χ0) is 30.4. The van der Waals surface area contributed by atoms with Crippen molar-refractivity contribution in [3.05, 3.63) is 115 Å². The summed E-state index contributed by atoms with van der Waals surface area (Å²) >= 11 is 0. The number of anilines is 2. The number of para-hydroxylation sites is 1. The summed E-state index contributed by atoms with van der Waals surface area (Å²) in [5.74, 6) is 0.474. The van der Waals surface area contributed by atoms with Crippen LogP contribution in [0.4, 0.5) is 11.5 Å². The van der Waals surface area contributed by atoms with Gasteiger partial charge < -0.3 is 19.8 Å². The third-order valence-corrected chi connectivity index (χ3v) is 7.86. The molecule has 0 aliphatic carbocycles. The molecule has 224 valence electrons. The number of ether oxygens (including phenoxy) is 1. The maximum absolute atomic E-state index is 13.1. The minimum absolute atomic E-state index is 0.0309. The van der Waals surface area contributed by atoms with Crippen molar-refractivity contribution in [3.63, 3.8) is 0 Å². The van der Waals surface area contributed by atoms with E-state index in [0.29, 0.717) is 48.1 Å². The van der Waals surface area contributed by atoms with Crippen LogP contribution < -0.4 is 20.0 Å². The molecule has 0 radical (unpaired) electrons. The number of hydrogen-bond acceptors (Lipinski definition) is 8. The second-order valence-electron chi connectivity index (χ2n) is 9.99. The molecule has 3 heterocycles. The number of rotatable bonds is 11. The Morgan fingerprint density at radius 1 is 0.932 bits per heavy atom. The average molecular weight is 612 g/mol. The summed E-state index contributed by atoms with van der Waals surface area (Å²) in [4.78, 5) is 24.8. The van der Waals surface area contributed by atoms with Gasteiger partial charge in [0.25, 0.3) is 0 Å². The largest absolute Gasteiger partial charge is 0.488 e. The van der Waals surface area contributed by atoms with E-state index in [-0.39, 0.29) is 24.9 Å². The maximum Gasteiger partial charge on any atom is 0.431 e. The van der Waals surface area contributed by atoms with Crippen molar-refractivity contribution in [2.45, 2.75) is 13.2 Å². The fraction of sp³-hybridized carbons (Fsp3) is 0.161. The highest BCUT2D eigenvalue weighted by atomic mass is 31.2. The molecule has 1 unspecified atom stereocenters. The number of carbonyl (C=O) groups excluding carboxylic acids is 1. The lowest BCUT2D eigenvalue weighted by Crippen LogP contribution is -2.48. The topological polar surface area (TPSA) is 144 Å². The number of carbonyl (C=O) groups is 1. The van der Waals surface area contributed by atoms with E-state index in [1.807, 2.05) is 72.8 Å². The Morgan fingerprint density at radius 3 is 2.39 bits per heavy atom. The van der Waals surface area contributed by atoms with Gasteiger partial charge in [-0.05, 0) is 29.3 Å². The molecular formula is C31H30N7O5P. The Morgan fingerprint density at radius 2 is 1.64 bits per heavy atom. The highest BCUT2D eigenvalue weighted by Gasteiger charge is 2.26. The van der Waals surface area contributed by atoms with Crippen molar-refractivity contribution in [3.8, 4) is 22.7 Å². The van der Waals surface area contributed by atoms with Crippen LogP contribution in [-0.4, -0.2) is 50.4 Å². The monoisotopic (exact) mass is 611 g/mol. The fourth-order valence-corrected chi connectivity index (χ4v) is 5.49. The van der Waals surface area contributed by atoms with Crippen LogP contribution in [0, 0.1) is 0 Å². The summed E-state index contributed by atoms with van der Waals surface area (Å²) in [6.45, 7) is 1.62. The lowest BCUT2D eigenvalue weighted by Gasteiger charge is -2.25. The van der Waals surface area contributed by atoms with Crippen LogP contribution in [0.25, 0.3) is 16.9 Å². The van der Waals surface area contributed by atoms with Gasteiger partial charge >= 0.3 is 7.75 Å². The molecular weight excluding hydrogens is 581 g/mol. The predicted octanol–water partition coefficient (Wildman–Crippen LogP) is 4.57. The van der Waals surface area contributed by atoms with Crippen molar-refractivity contribution >= 4 is 25.2 Å². The number of piperazine rings is 1. The van der Waals surface area contributed by atoms with Gasteiger partial charge in [-0.2, -0.15) is 5.10 Å². The molecule has 3 N–H and O–H groups in total. The summed E-state index contributed by atoms with van der Waals surface area (Å²) in [5, 5.41) is 18.7. The second-order valence-corrected chi connectivity index (χ2v) is 11.5. The van der Waals surface area contributed by atoms with E-state index in [0.717, 1.165) is 11.1 Å². The molecule has 1 aliphatic rings. The SMILES string of the molecule is O=C1CNCCN1c1cnn(-c2cc(-c3ccccc3OCc3ccccc3)nnc2NP(=O)(O)OCc2ccccc2)c1. The third-order valence-electron chi connectivity index (χ3n) is 6.89. The van der Waals surface area contributed by atoms with Gasteiger partial charge in [-0.15, -0.1) is 10.2 Å². The molecule has 1 saturated heterocycles. The molecule has 1 aliphatic heterocycles. The lowest BCUT2D eigenvalue weighted by molar-refractivity contribution is -0.118.